The highest BCUT2D eigenvalue weighted by Gasteiger charge is 2.22. The monoisotopic (exact) mass is 357 g/mol. The van der Waals surface area contributed by atoms with Crippen LogP contribution in [-0.4, -0.2) is 33.7 Å². The largest absolute Gasteiger partial charge is 0.356 e. The molecule has 132 valence electrons. The molecule has 0 saturated carbocycles. The number of aliphatic imine (C=N–C) groups is 1. The lowest BCUT2D eigenvalue weighted by Crippen LogP contribution is -2.40. The zero-order valence-corrected chi connectivity index (χ0v) is 15.4. The minimum absolute atomic E-state index is 0.334. The molecule has 0 unspecified atom stereocenters. The number of rotatable bonds is 4. The Balaban J connectivity index is 1.80. The van der Waals surface area contributed by atoms with Crippen molar-refractivity contribution < 1.29 is 8.42 Å². The second kappa shape index (κ2) is 7.27. The van der Waals surface area contributed by atoms with Crippen LogP contribution in [0.15, 0.2) is 58.4 Å². The number of hydrogen-bond donors (Lipinski definition) is 1. The van der Waals surface area contributed by atoms with E-state index in [2.05, 4.69) is 35.3 Å². The molecule has 2 aromatic rings. The van der Waals surface area contributed by atoms with E-state index in [-0.39, 0.29) is 0 Å². The van der Waals surface area contributed by atoms with E-state index in [4.69, 9.17) is 4.99 Å². The van der Waals surface area contributed by atoms with Crippen LogP contribution in [0.3, 0.4) is 0 Å². The van der Waals surface area contributed by atoms with Crippen molar-refractivity contribution in [3.8, 4) is 0 Å². The number of anilines is 1. The van der Waals surface area contributed by atoms with Crippen LogP contribution in [0, 0.1) is 0 Å². The molecule has 25 heavy (non-hydrogen) atoms. The quantitative estimate of drug-likeness (QED) is 0.675. The van der Waals surface area contributed by atoms with Gasteiger partial charge in [0.25, 0.3) is 0 Å². The maximum absolute atomic E-state index is 11.5. The van der Waals surface area contributed by atoms with Gasteiger partial charge in [0.15, 0.2) is 15.8 Å². The summed E-state index contributed by atoms with van der Waals surface area (Å²) >= 11 is 0. The summed E-state index contributed by atoms with van der Waals surface area (Å²) in [5, 5.41) is 3.35. The zero-order chi connectivity index (χ0) is 17.9. The van der Waals surface area contributed by atoms with Crippen LogP contribution in [0.5, 0.6) is 0 Å². The molecule has 1 heterocycles. The van der Waals surface area contributed by atoms with Crippen LogP contribution in [0.2, 0.25) is 0 Å². The van der Waals surface area contributed by atoms with Gasteiger partial charge in [0, 0.05) is 25.0 Å². The van der Waals surface area contributed by atoms with E-state index in [9.17, 15) is 8.42 Å². The Kier molecular flexibility index (Phi) is 5.08. The molecule has 5 nitrogen and oxygen atoms in total. The summed E-state index contributed by atoms with van der Waals surface area (Å²) in [6, 6.07) is 15.3. The smallest absolute Gasteiger partial charge is 0.198 e. The van der Waals surface area contributed by atoms with Gasteiger partial charge < -0.3 is 10.2 Å². The highest BCUT2D eigenvalue weighted by molar-refractivity contribution is 7.90. The number of sulfone groups is 1. The molecule has 1 aliphatic heterocycles. The van der Waals surface area contributed by atoms with E-state index < -0.39 is 9.84 Å². The van der Waals surface area contributed by atoms with Crippen LogP contribution in [-0.2, 0) is 22.8 Å². The first-order chi connectivity index (χ1) is 12.0. The minimum atomic E-state index is -3.16. The van der Waals surface area contributed by atoms with E-state index in [1.807, 2.05) is 18.2 Å². The van der Waals surface area contributed by atoms with E-state index in [1.54, 1.807) is 12.1 Å². The molecule has 0 radical (unpaired) electrons. The Labute approximate surface area is 149 Å². The summed E-state index contributed by atoms with van der Waals surface area (Å²) in [5.74, 6) is 0.861. The molecule has 2 aromatic carbocycles. The van der Waals surface area contributed by atoms with Crippen molar-refractivity contribution in [2.45, 2.75) is 24.8 Å². The van der Waals surface area contributed by atoms with Gasteiger partial charge in [-0.1, -0.05) is 30.3 Å². The van der Waals surface area contributed by atoms with Crippen LogP contribution < -0.4 is 10.2 Å². The number of guanidine groups is 1. The summed E-state index contributed by atoms with van der Waals surface area (Å²) in [7, 11) is -3.16. The van der Waals surface area contributed by atoms with Gasteiger partial charge in [-0.3, -0.25) is 0 Å². The van der Waals surface area contributed by atoms with Crippen molar-refractivity contribution in [2.75, 3.05) is 24.2 Å². The fraction of sp³-hybridized carbons (Fsp3) is 0.316. The van der Waals surface area contributed by atoms with E-state index in [0.29, 0.717) is 11.4 Å². The topological polar surface area (TPSA) is 61.8 Å². The summed E-state index contributed by atoms with van der Waals surface area (Å²) in [5.41, 5.74) is 3.52. The van der Waals surface area contributed by atoms with Gasteiger partial charge in [0.05, 0.1) is 11.4 Å². The first kappa shape index (κ1) is 17.5. The number of benzene rings is 2. The van der Waals surface area contributed by atoms with Crippen LogP contribution in [0.1, 0.15) is 18.1 Å². The predicted molar refractivity (Wildman–Crippen MR) is 102 cm³/mol. The third-order valence-electron chi connectivity index (χ3n) is 4.24. The maximum atomic E-state index is 11.5. The molecule has 6 heteroatoms. The number of fused-ring (bicyclic) bond motifs is 1. The molecule has 0 bridgehead atoms. The molecule has 0 saturated heterocycles. The van der Waals surface area contributed by atoms with Crippen molar-refractivity contribution in [1.82, 2.24) is 5.32 Å². The van der Waals surface area contributed by atoms with Crippen molar-refractivity contribution in [2.24, 2.45) is 4.99 Å². The number of nitrogens with one attached hydrogen (secondary N) is 1. The molecule has 0 aliphatic carbocycles. The fourth-order valence-electron chi connectivity index (χ4n) is 2.96. The van der Waals surface area contributed by atoms with Crippen LogP contribution >= 0.6 is 0 Å². The Morgan fingerprint density at radius 1 is 1.16 bits per heavy atom. The molecule has 0 fully saturated rings. The van der Waals surface area contributed by atoms with Crippen molar-refractivity contribution >= 4 is 21.5 Å². The highest BCUT2D eigenvalue weighted by atomic mass is 32.2. The molecule has 1 N–H and O–H groups in total. The molecule has 0 spiro atoms. The van der Waals surface area contributed by atoms with Gasteiger partial charge in [-0.2, -0.15) is 0 Å². The van der Waals surface area contributed by atoms with Crippen LogP contribution in [0.25, 0.3) is 0 Å². The normalized spacial score (nSPS) is 14.5. The molecule has 0 amide bonds. The van der Waals surface area contributed by atoms with Crippen molar-refractivity contribution in [1.29, 1.82) is 0 Å². The number of hydrogen-bond acceptors (Lipinski definition) is 3. The lowest BCUT2D eigenvalue weighted by atomic mass is 10.2. The summed E-state index contributed by atoms with van der Waals surface area (Å²) < 4.78 is 23.1. The van der Waals surface area contributed by atoms with Crippen LogP contribution in [0.4, 0.5) is 5.69 Å². The first-order valence-electron chi connectivity index (χ1n) is 8.42. The average molecular weight is 357 g/mol. The SMILES string of the molecule is CCNC(=NCc1ccc(S(C)(=O)=O)cc1)N1CCc2ccccc21. The van der Waals surface area contributed by atoms with Gasteiger partial charge in [-0.25, -0.2) is 13.4 Å². The van der Waals surface area contributed by atoms with E-state index >= 15 is 0 Å². The third kappa shape index (κ3) is 4.02. The van der Waals surface area contributed by atoms with Gasteiger partial charge in [0.2, 0.25) is 0 Å². The Bertz CT molecular complexity index is 874. The Hall–Kier alpha value is -2.34. The Morgan fingerprint density at radius 3 is 2.56 bits per heavy atom. The third-order valence-corrected chi connectivity index (χ3v) is 5.37. The van der Waals surface area contributed by atoms with Gasteiger partial charge in [0.1, 0.15) is 0 Å². The van der Waals surface area contributed by atoms with Crippen molar-refractivity contribution in [3.05, 3.63) is 59.7 Å². The minimum Gasteiger partial charge on any atom is -0.356 e. The van der Waals surface area contributed by atoms with Gasteiger partial charge >= 0.3 is 0 Å². The Morgan fingerprint density at radius 2 is 1.88 bits per heavy atom. The van der Waals surface area contributed by atoms with Crippen molar-refractivity contribution in [3.63, 3.8) is 0 Å². The summed E-state index contributed by atoms with van der Waals surface area (Å²) in [6.45, 7) is 4.27. The summed E-state index contributed by atoms with van der Waals surface area (Å²) in [4.78, 5) is 7.28. The lowest BCUT2D eigenvalue weighted by Gasteiger charge is -2.22. The number of para-hydroxylation sites is 1. The first-order valence-corrected chi connectivity index (χ1v) is 10.3. The second-order valence-corrected chi connectivity index (χ2v) is 8.13. The lowest BCUT2D eigenvalue weighted by molar-refractivity contribution is 0.602. The molecular formula is C19H23N3O2S. The molecule has 3 rings (SSSR count). The molecular weight excluding hydrogens is 334 g/mol. The highest BCUT2D eigenvalue weighted by Crippen LogP contribution is 2.27. The summed E-state index contributed by atoms with van der Waals surface area (Å²) in [6.07, 6.45) is 2.23. The predicted octanol–water partition coefficient (Wildman–Crippen LogP) is 2.62. The second-order valence-electron chi connectivity index (χ2n) is 6.12. The zero-order valence-electron chi connectivity index (χ0n) is 14.6. The number of nitrogens with zero attached hydrogens (tertiary/aromatic N) is 2. The van der Waals surface area contributed by atoms with Gasteiger partial charge in [-0.05, 0) is 42.7 Å². The molecule has 0 aromatic heterocycles. The molecule has 0 atom stereocenters. The van der Waals surface area contributed by atoms with Gasteiger partial charge in [-0.15, -0.1) is 0 Å². The van der Waals surface area contributed by atoms with E-state index in [1.165, 1.54) is 17.5 Å². The molecule has 1 aliphatic rings. The standard InChI is InChI=1S/C19H23N3O2S/c1-3-20-19(22-13-12-16-6-4-5-7-18(16)22)21-14-15-8-10-17(11-9-15)25(2,23)24/h4-11H,3,12-14H2,1-2H3,(H,20,21). The van der Waals surface area contributed by atoms with E-state index in [0.717, 1.165) is 31.0 Å². The average Bonchev–Trinajstić information content (AvgIpc) is 3.02. The fourth-order valence-corrected chi connectivity index (χ4v) is 3.59. The maximum Gasteiger partial charge on any atom is 0.198 e.